The van der Waals surface area contributed by atoms with Gasteiger partial charge in [-0.05, 0) is 24.3 Å². The monoisotopic (exact) mass is 262 g/mol. The van der Waals surface area contributed by atoms with Gasteiger partial charge in [0.1, 0.15) is 5.82 Å². The Hall–Kier alpha value is -1.28. The normalized spacial score (nSPS) is 10.7. The standard InChI is InChI=1S/C15H19ClN2/c16-10-5-1-2-6-11-17-15-14-8-4-3-7-13(14)9-12-18-15/h3-4,7-9,12H,1-2,5-6,10-11H2,(H,17,18). The third-order valence-electron chi connectivity index (χ3n) is 3.03. The highest BCUT2D eigenvalue weighted by atomic mass is 35.5. The minimum absolute atomic E-state index is 0.776. The van der Waals surface area contributed by atoms with E-state index >= 15 is 0 Å². The van der Waals surface area contributed by atoms with Gasteiger partial charge in [0, 0.05) is 24.0 Å². The summed E-state index contributed by atoms with van der Waals surface area (Å²) in [6.45, 7) is 0.975. The van der Waals surface area contributed by atoms with Crippen molar-refractivity contribution >= 4 is 28.2 Å². The second-order valence-corrected chi connectivity index (χ2v) is 4.79. The summed E-state index contributed by atoms with van der Waals surface area (Å²) in [6, 6.07) is 10.4. The van der Waals surface area contributed by atoms with Crippen molar-refractivity contribution < 1.29 is 0 Å². The largest absolute Gasteiger partial charge is 0.370 e. The number of fused-ring (bicyclic) bond motifs is 1. The van der Waals surface area contributed by atoms with Crippen LogP contribution in [0.4, 0.5) is 5.82 Å². The molecule has 0 aliphatic rings. The SMILES string of the molecule is ClCCCCCCNc1nccc2ccccc12. The van der Waals surface area contributed by atoms with Crippen LogP contribution in [-0.2, 0) is 0 Å². The molecule has 0 atom stereocenters. The summed E-state index contributed by atoms with van der Waals surface area (Å²) in [5.74, 6) is 1.77. The van der Waals surface area contributed by atoms with Crippen LogP contribution in [0.3, 0.4) is 0 Å². The number of pyridine rings is 1. The van der Waals surface area contributed by atoms with Crippen LogP contribution in [0, 0.1) is 0 Å². The molecule has 1 aromatic heterocycles. The van der Waals surface area contributed by atoms with Gasteiger partial charge in [-0.15, -0.1) is 11.6 Å². The Labute approximate surface area is 113 Å². The molecular formula is C15H19ClN2. The first-order valence-corrected chi connectivity index (χ1v) is 7.09. The minimum atomic E-state index is 0.776. The van der Waals surface area contributed by atoms with Crippen molar-refractivity contribution in [2.75, 3.05) is 17.7 Å². The molecule has 0 amide bonds. The van der Waals surface area contributed by atoms with E-state index in [0.717, 1.165) is 24.7 Å². The van der Waals surface area contributed by atoms with Crippen molar-refractivity contribution in [3.05, 3.63) is 36.5 Å². The van der Waals surface area contributed by atoms with Crippen LogP contribution in [0.1, 0.15) is 25.7 Å². The predicted molar refractivity (Wildman–Crippen MR) is 79.4 cm³/mol. The Morgan fingerprint density at radius 1 is 1.00 bits per heavy atom. The minimum Gasteiger partial charge on any atom is -0.370 e. The number of alkyl halides is 1. The Morgan fingerprint density at radius 2 is 1.83 bits per heavy atom. The van der Waals surface area contributed by atoms with Gasteiger partial charge in [-0.2, -0.15) is 0 Å². The Balaban J connectivity index is 1.88. The van der Waals surface area contributed by atoms with Crippen LogP contribution in [0.5, 0.6) is 0 Å². The van der Waals surface area contributed by atoms with E-state index in [1.165, 1.54) is 30.0 Å². The summed E-state index contributed by atoms with van der Waals surface area (Å²) in [4.78, 5) is 4.41. The molecule has 0 unspecified atom stereocenters. The molecule has 1 aromatic carbocycles. The average molecular weight is 263 g/mol. The molecule has 0 radical (unpaired) electrons. The molecule has 18 heavy (non-hydrogen) atoms. The summed E-state index contributed by atoms with van der Waals surface area (Å²) >= 11 is 5.65. The molecule has 96 valence electrons. The summed E-state index contributed by atoms with van der Waals surface area (Å²) in [7, 11) is 0. The highest BCUT2D eigenvalue weighted by molar-refractivity contribution is 6.17. The first kappa shape index (κ1) is 13.2. The van der Waals surface area contributed by atoms with Crippen molar-refractivity contribution in [3.8, 4) is 0 Å². The van der Waals surface area contributed by atoms with E-state index in [2.05, 4.69) is 34.6 Å². The second-order valence-electron chi connectivity index (χ2n) is 4.41. The highest BCUT2D eigenvalue weighted by Crippen LogP contribution is 2.20. The van der Waals surface area contributed by atoms with Crippen molar-refractivity contribution in [3.63, 3.8) is 0 Å². The van der Waals surface area contributed by atoms with Crippen molar-refractivity contribution in [1.29, 1.82) is 0 Å². The van der Waals surface area contributed by atoms with E-state index in [1.807, 2.05) is 12.3 Å². The Bertz CT molecular complexity index is 479. The van der Waals surface area contributed by atoms with Gasteiger partial charge >= 0.3 is 0 Å². The van der Waals surface area contributed by atoms with Crippen LogP contribution in [0.15, 0.2) is 36.5 Å². The molecule has 2 aromatic rings. The Morgan fingerprint density at radius 3 is 2.72 bits per heavy atom. The average Bonchev–Trinajstić information content (AvgIpc) is 2.43. The number of unbranched alkanes of at least 4 members (excludes halogenated alkanes) is 3. The van der Waals surface area contributed by atoms with Crippen LogP contribution in [-0.4, -0.2) is 17.4 Å². The number of halogens is 1. The number of hydrogen-bond donors (Lipinski definition) is 1. The first-order chi connectivity index (χ1) is 8.92. The predicted octanol–water partition coefficient (Wildman–Crippen LogP) is 4.45. The molecule has 0 bridgehead atoms. The molecule has 3 heteroatoms. The van der Waals surface area contributed by atoms with Crippen molar-refractivity contribution in [1.82, 2.24) is 4.98 Å². The number of hydrogen-bond acceptors (Lipinski definition) is 2. The maximum Gasteiger partial charge on any atom is 0.133 e. The molecule has 0 saturated heterocycles. The number of benzene rings is 1. The van der Waals surface area contributed by atoms with E-state index in [-0.39, 0.29) is 0 Å². The molecule has 0 aliphatic carbocycles. The third kappa shape index (κ3) is 3.61. The number of rotatable bonds is 7. The molecule has 0 fully saturated rings. The molecular weight excluding hydrogens is 244 g/mol. The van der Waals surface area contributed by atoms with Crippen LogP contribution in [0.2, 0.25) is 0 Å². The molecule has 1 heterocycles. The highest BCUT2D eigenvalue weighted by Gasteiger charge is 2.00. The topological polar surface area (TPSA) is 24.9 Å². The van der Waals surface area contributed by atoms with E-state index in [1.54, 1.807) is 0 Å². The van der Waals surface area contributed by atoms with Gasteiger partial charge in [0.2, 0.25) is 0 Å². The van der Waals surface area contributed by atoms with Gasteiger partial charge in [0.25, 0.3) is 0 Å². The zero-order valence-electron chi connectivity index (χ0n) is 10.5. The molecule has 2 nitrogen and oxygen atoms in total. The lowest BCUT2D eigenvalue weighted by atomic mass is 10.1. The zero-order chi connectivity index (χ0) is 12.6. The fourth-order valence-corrected chi connectivity index (χ4v) is 2.23. The van der Waals surface area contributed by atoms with E-state index < -0.39 is 0 Å². The van der Waals surface area contributed by atoms with E-state index in [4.69, 9.17) is 11.6 Å². The second kappa shape index (κ2) is 7.22. The third-order valence-corrected chi connectivity index (χ3v) is 3.29. The van der Waals surface area contributed by atoms with Crippen LogP contribution < -0.4 is 5.32 Å². The fourth-order valence-electron chi connectivity index (χ4n) is 2.04. The summed E-state index contributed by atoms with van der Waals surface area (Å²) in [5, 5.41) is 5.85. The molecule has 2 rings (SSSR count). The molecule has 0 spiro atoms. The lowest BCUT2D eigenvalue weighted by molar-refractivity contribution is 0.687. The van der Waals surface area contributed by atoms with Gasteiger partial charge in [0.05, 0.1) is 0 Å². The quantitative estimate of drug-likeness (QED) is 0.589. The lowest BCUT2D eigenvalue weighted by Gasteiger charge is -2.08. The smallest absolute Gasteiger partial charge is 0.133 e. The first-order valence-electron chi connectivity index (χ1n) is 6.55. The lowest BCUT2D eigenvalue weighted by Crippen LogP contribution is -2.03. The maximum absolute atomic E-state index is 5.65. The van der Waals surface area contributed by atoms with Gasteiger partial charge in [-0.3, -0.25) is 0 Å². The molecule has 1 N–H and O–H groups in total. The zero-order valence-corrected chi connectivity index (χ0v) is 11.3. The van der Waals surface area contributed by atoms with Gasteiger partial charge < -0.3 is 5.32 Å². The van der Waals surface area contributed by atoms with Crippen molar-refractivity contribution in [2.24, 2.45) is 0 Å². The number of aromatic nitrogens is 1. The Kier molecular flexibility index (Phi) is 5.28. The summed E-state index contributed by atoms with van der Waals surface area (Å²) in [6.07, 6.45) is 6.59. The number of nitrogens with zero attached hydrogens (tertiary/aromatic N) is 1. The fraction of sp³-hybridized carbons (Fsp3) is 0.400. The van der Waals surface area contributed by atoms with Gasteiger partial charge in [0.15, 0.2) is 0 Å². The summed E-state index contributed by atoms with van der Waals surface area (Å²) in [5.41, 5.74) is 0. The van der Waals surface area contributed by atoms with E-state index in [9.17, 15) is 0 Å². The number of anilines is 1. The van der Waals surface area contributed by atoms with Gasteiger partial charge in [-0.1, -0.05) is 37.1 Å². The van der Waals surface area contributed by atoms with Gasteiger partial charge in [-0.25, -0.2) is 4.98 Å². The van der Waals surface area contributed by atoms with E-state index in [0.29, 0.717) is 0 Å². The summed E-state index contributed by atoms with van der Waals surface area (Å²) < 4.78 is 0. The number of nitrogens with one attached hydrogen (secondary N) is 1. The van der Waals surface area contributed by atoms with Crippen LogP contribution in [0.25, 0.3) is 10.8 Å². The molecule has 0 saturated carbocycles. The van der Waals surface area contributed by atoms with Crippen molar-refractivity contribution in [2.45, 2.75) is 25.7 Å². The molecule has 0 aliphatic heterocycles. The van der Waals surface area contributed by atoms with Crippen LogP contribution >= 0.6 is 11.6 Å². The maximum atomic E-state index is 5.65.